The average molecular weight is 260 g/mol. The van der Waals surface area contributed by atoms with Gasteiger partial charge in [0.1, 0.15) is 11.6 Å². The van der Waals surface area contributed by atoms with Crippen molar-refractivity contribution in [2.75, 3.05) is 11.1 Å². The number of nitrogens with one attached hydrogen (secondary N) is 1. The molecular weight excluding hydrogens is 247 g/mol. The van der Waals surface area contributed by atoms with Gasteiger partial charge in [-0.25, -0.2) is 4.39 Å². The molecule has 0 aliphatic heterocycles. The molecule has 1 amide bonds. The summed E-state index contributed by atoms with van der Waals surface area (Å²) in [6.07, 6.45) is 0. The van der Waals surface area contributed by atoms with Crippen LogP contribution in [0, 0.1) is 12.7 Å². The van der Waals surface area contributed by atoms with Gasteiger partial charge in [0.15, 0.2) is 0 Å². The van der Waals surface area contributed by atoms with E-state index in [0.717, 1.165) is 6.07 Å². The van der Waals surface area contributed by atoms with Crippen molar-refractivity contribution in [2.45, 2.75) is 6.92 Å². The second-order valence-electron chi connectivity index (χ2n) is 4.14. The van der Waals surface area contributed by atoms with Crippen LogP contribution in [-0.2, 0) is 0 Å². The fraction of sp³-hybridized carbons (Fsp3) is 0.0714. The predicted octanol–water partition coefficient (Wildman–Crippen LogP) is 2.67. The third kappa shape index (κ3) is 2.65. The van der Waals surface area contributed by atoms with Gasteiger partial charge in [-0.1, -0.05) is 6.07 Å². The molecule has 4 nitrogen and oxygen atoms in total. The van der Waals surface area contributed by atoms with Crippen LogP contribution < -0.4 is 11.1 Å². The van der Waals surface area contributed by atoms with Crippen molar-refractivity contribution < 1.29 is 14.3 Å². The lowest BCUT2D eigenvalue weighted by molar-refractivity contribution is 0.102. The maximum absolute atomic E-state index is 13.6. The number of phenols is 1. The molecule has 0 spiro atoms. The first-order valence-corrected chi connectivity index (χ1v) is 5.64. The Balaban J connectivity index is 2.28. The summed E-state index contributed by atoms with van der Waals surface area (Å²) >= 11 is 0. The SMILES string of the molecule is Cc1c(O)cccc1C(=O)Nc1ccc(N)cc1F. The van der Waals surface area contributed by atoms with Crippen LogP contribution in [0.1, 0.15) is 15.9 Å². The van der Waals surface area contributed by atoms with Gasteiger partial charge in [0.05, 0.1) is 5.69 Å². The normalized spacial score (nSPS) is 10.2. The topological polar surface area (TPSA) is 75.3 Å². The van der Waals surface area contributed by atoms with Crippen LogP contribution in [0.5, 0.6) is 5.75 Å². The lowest BCUT2D eigenvalue weighted by Crippen LogP contribution is -2.14. The first-order valence-electron chi connectivity index (χ1n) is 5.64. The number of phenolic OH excluding ortho intramolecular Hbond substituents is 1. The van der Waals surface area contributed by atoms with Crippen molar-refractivity contribution in [1.29, 1.82) is 0 Å². The van der Waals surface area contributed by atoms with Crippen LogP contribution in [0.25, 0.3) is 0 Å². The Labute approximate surface area is 109 Å². The number of rotatable bonds is 2. The summed E-state index contributed by atoms with van der Waals surface area (Å²) in [6.45, 7) is 1.61. The average Bonchev–Trinajstić information content (AvgIpc) is 2.36. The molecule has 0 bridgehead atoms. The first kappa shape index (κ1) is 12.9. The summed E-state index contributed by atoms with van der Waals surface area (Å²) in [6, 6.07) is 8.60. The maximum Gasteiger partial charge on any atom is 0.256 e. The molecule has 0 atom stereocenters. The van der Waals surface area contributed by atoms with Gasteiger partial charge in [-0.15, -0.1) is 0 Å². The van der Waals surface area contributed by atoms with Crippen LogP contribution in [-0.4, -0.2) is 11.0 Å². The number of hydrogen-bond donors (Lipinski definition) is 3. The molecule has 0 unspecified atom stereocenters. The van der Waals surface area contributed by atoms with Crippen molar-refractivity contribution in [3.63, 3.8) is 0 Å². The van der Waals surface area contributed by atoms with Gasteiger partial charge in [-0.05, 0) is 37.3 Å². The third-order valence-electron chi connectivity index (χ3n) is 2.79. The zero-order chi connectivity index (χ0) is 14.0. The lowest BCUT2D eigenvalue weighted by atomic mass is 10.1. The van der Waals surface area contributed by atoms with E-state index in [9.17, 15) is 14.3 Å². The van der Waals surface area contributed by atoms with E-state index in [2.05, 4.69) is 5.32 Å². The zero-order valence-electron chi connectivity index (χ0n) is 10.3. The Kier molecular flexibility index (Phi) is 3.37. The molecule has 0 radical (unpaired) electrons. The van der Waals surface area contributed by atoms with Gasteiger partial charge in [-0.2, -0.15) is 0 Å². The van der Waals surface area contributed by atoms with E-state index in [4.69, 9.17) is 5.73 Å². The number of hydrogen-bond acceptors (Lipinski definition) is 3. The van der Waals surface area contributed by atoms with Gasteiger partial charge in [-0.3, -0.25) is 4.79 Å². The number of carbonyl (C=O) groups is 1. The molecule has 0 aliphatic rings. The molecule has 0 saturated heterocycles. The highest BCUT2D eigenvalue weighted by atomic mass is 19.1. The fourth-order valence-corrected chi connectivity index (χ4v) is 1.69. The number of anilines is 2. The number of nitrogen functional groups attached to an aromatic ring is 1. The summed E-state index contributed by atoms with van der Waals surface area (Å²) in [7, 11) is 0. The van der Waals surface area contributed by atoms with Crippen LogP contribution in [0.4, 0.5) is 15.8 Å². The van der Waals surface area contributed by atoms with Crippen molar-refractivity contribution >= 4 is 17.3 Å². The minimum Gasteiger partial charge on any atom is -0.508 e. The van der Waals surface area contributed by atoms with Crippen molar-refractivity contribution in [1.82, 2.24) is 0 Å². The lowest BCUT2D eigenvalue weighted by Gasteiger charge is -2.09. The van der Waals surface area contributed by atoms with E-state index in [-0.39, 0.29) is 22.7 Å². The summed E-state index contributed by atoms with van der Waals surface area (Å²) in [5, 5.41) is 12.0. The molecule has 0 saturated carbocycles. The Hall–Kier alpha value is -2.56. The van der Waals surface area contributed by atoms with Gasteiger partial charge in [0, 0.05) is 16.8 Å². The largest absolute Gasteiger partial charge is 0.508 e. The van der Waals surface area contributed by atoms with Gasteiger partial charge in [0.2, 0.25) is 0 Å². The predicted molar refractivity (Wildman–Crippen MR) is 71.6 cm³/mol. The van der Waals surface area contributed by atoms with Gasteiger partial charge in [0.25, 0.3) is 5.91 Å². The summed E-state index contributed by atoms with van der Waals surface area (Å²) in [4.78, 5) is 12.0. The molecular formula is C14H13FN2O2. The Morgan fingerprint density at radius 2 is 2.05 bits per heavy atom. The zero-order valence-corrected chi connectivity index (χ0v) is 10.3. The highest BCUT2D eigenvalue weighted by Gasteiger charge is 2.13. The van der Waals surface area contributed by atoms with Gasteiger partial charge < -0.3 is 16.2 Å². The second-order valence-corrected chi connectivity index (χ2v) is 4.14. The quantitative estimate of drug-likeness (QED) is 0.727. The molecule has 98 valence electrons. The third-order valence-corrected chi connectivity index (χ3v) is 2.79. The number of halogens is 1. The number of aromatic hydroxyl groups is 1. The van der Waals surface area contributed by atoms with E-state index in [0.29, 0.717) is 5.56 Å². The van der Waals surface area contributed by atoms with E-state index < -0.39 is 11.7 Å². The molecule has 5 heteroatoms. The molecule has 2 aromatic carbocycles. The van der Waals surface area contributed by atoms with Crippen LogP contribution in [0.15, 0.2) is 36.4 Å². The molecule has 2 rings (SSSR count). The van der Waals surface area contributed by atoms with Crippen LogP contribution in [0.3, 0.4) is 0 Å². The second kappa shape index (κ2) is 4.97. The van der Waals surface area contributed by atoms with E-state index in [1.807, 2.05) is 0 Å². The smallest absolute Gasteiger partial charge is 0.256 e. The van der Waals surface area contributed by atoms with Crippen molar-refractivity contribution in [3.8, 4) is 5.75 Å². The number of amides is 1. The summed E-state index contributed by atoms with van der Waals surface area (Å²) in [5.41, 5.74) is 6.48. The highest BCUT2D eigenvalue weighted by molar-refractivity contribution is 6.05. The number of carbonyl (C=O) groups excluding carboxylic acids is 1. The fourth-order valence-electron chi connectivity index (χ4n) is 1.69. The maximum atomic E-state index is 13.6. The number of nitrogens with two attached hydrogens (primary N) is 1. The Bertz CT molecular complexity index is 641. The van der Waals surface area contributed by atoms with E-state index >= 15 is 0 Å². The standard InChI is InChI=1S/C14H13FN2O2/c1-8-10(3-2-4-13(8)18)14(19)17-12-6-5-9(16)7-11(12)15/h2-7,18H,16H2,1H3,(H,17,19). The highest BCUT2D eigenvalue weighted by Crippen LogP contribution is 2.22. The summed E-state index contributed by atoms with van der Waals surface area (Å²) in [5.74, 6) is -1.08. The number of benzene rings is 2. The molecule has 0 aliphatic carbocycles. The minimum absolute atomic E-state index is 0.0189. The molecule has 0 heterocycles. The first-order chi connectivity index (χ1) is 8.99. The van der Waals surface area contributed by atoms with E-state index in [1.165, 1.54) is 18.2 Å². The van der Waals surface area contributed by atoms with Crippen LogP contribution >= 0.6 is 0 Å². The Morgan fingerprint density at radius 3 is 2.74 bits per heavy atom. The monoisotopic (exact) mass is 260 g/mol. The molecule has 0 aromatic heterocycles. The van der Waals surface area contributed by atoms with Gasteiger partial charge >= 0.3 is 0 Å². The minimum atomic E-state index is -0.605. The molecule has 0 fully saturated rings. The Morgan fingerprint density at radius 1 is 1.32 bits per heavy atom. The van der Waals surface area contributed by atoms with Crippen molar-refractivity contribution in [2.24, 2.45) is 0 Å². The van der Waals surface area contributed by atoms with Crippen molar-refractivity contribution in [3.05, 3.63) is 53.3 Å². The molecule has 19 heavy (non-hydrogen) atoms. The molecule has 2 aromatic rings. The summed E-state index contributed by atoms with van der Waals surface area (Å²) < 4.78 is 13.6. The van der Waals surface area contributed by atoms with Crippen LogP contribution in [0.2, 0.25) is 0 Å². The van der Waals surface area contributed by atoms with E-state index in [1.54, 1.807) is 19.1 Å². The molecule has 4 N–H and O–H groups in total.